The molecule has 94 valence electrons. The Hall–Kier alpha value is -1.34. The van der Waals surface area contributed by atoms with Crippen molar-refractivity contribution in [3.63, 3.8) is 0 Å². The first kappa shape index (κ1) is 12.1. The molecule has 0 aliphatic carbocycles. The van der Waals surface area contributed by atoms with Crippen molar-refractivity contribution in [1.82, 2.24) is 9.88 Å². The molecule has 2 heterocycles. The molecule has 1 aliphatic rings. The summed E-state index contributed by atoms with van der Waals surface area (Å²) in [6.07, 6.45) is 0. The van der Waals surface area contributed by atoms with Crippen LogP contribution >= 0.6 is 11.3 Å². The Morgan fingerprint density at radius 2 is 2.47 bits per heavy atom. The number of amides is 1. The van der Waals surface area contributed by atoms with Crippen LogP contribution in [0.2, 0.25) is 0 Å². The zero-order valence-electron chi connectivity index (χ0n) is 9.90. The van der Waals surface area contributed by atoms with Crippen LogP contribution in [-0.4, -0.2) is 48.6 Å². The molecular formula is C10H16N4O2S. The van der Waals surface area contributed by atoms with E-state index in [1.807, 2.05) is 6.92 Å². The number of aromatic nitrogens is 1. The number of morpholine rings is 1. The van der Waals surface area contributed by atoms with Gasteiger partial charge in [0.1, 0.15) is 10.7 Å². The van der Waals surface area contributed by atoms with Crippen LogP contribution in [0.4, 0.5) is 10.9 Å². The topological polar surface area (TPSA) is 80.5 Å². The van der Waals surface area contributed by atoms with E-state index in [-0.39, 0.29) is 11.9 Å². The Balaban J connectivity index is 2.20. The lowest BCUT2D eigenvalue weighted by Gasteiger charge is -2.32. The van der Waals surface area contributed by atoms with Crippen molar-refractivity contribution in [2.24, 2.45) is 0 Å². The molecule has 1 aromatic rings. The van der Waals surface area contributed by atoms with Gasteiger partial charge in [0, 0.05) is 13.6 Å². The van der Waals surface area contributed by atoms with Crippen LogP contribution in [0.25, 0.3) is 0 Å². The number of ether oxygens (including phenoxy) is 1. The highest BCUT2D eigenvalue weighted by Crippen LogP contribution is 2.26. The summed E-state index contributed by atoms with van der Waals surface area (Å²) in [5.74, 6) is 0.236. The molecule has 1 unspecified atom stereocenters. The standard InChI is InChI=1S/C10H16N4O2S/c1-6-5-16-4-3-14(6)9(15)7-8(11)13-10(12-2)17-7/h6H,3-5,11H2,1-2H3,(H,12,13). The van der Waals surface area contributed by atoms with Gasteiger partial charge in [-0.15, -0.1) is 0 Å². The molecule has 1 atom stereocenters. The number of carbonyl (C=O) groups is 1. The van der Waals surface area contributed by atoms with E-state index in [4.69, 9.17) is 10.5 Å². The average molecular weight is 256 g/mol. The summed E-state index contributed by atoms with van der Waals surface area (Å²) in [6, 6.07) is 0.0794. The highest BCUT2D eigenvalue weighted by atomic mass is 32.1. The predicted molar refractivity (Wildman–Crippen MR) is 67.4 cm³/mol. The van der Waals surface area contributed by atoms with Crippen molar-refractivity contribution >= 4 is 28.2 Å². The normalized spacial score (nSPS) is 20.4. The number of carbonyl (C=O) groups excluding carboxylic acids is 1. The van der Waals surface area contributed by atoms with Crippen LogP contribution < -0.4 is 11.1 Å². The molecule has 1 saturated heterocycles. The van der Waals surface area contributed by atoms with Gasteiger partial charge in [0.15, 0.2) is 5.13 Å². The Labute approximate surface area is 104 Å². The van der Waals surface area contributed by atoms with E-state index in [9.17, 15) is 4.79 Å². The van der Waals surface area contributed by atoms with Gasteiger partial charge in [-0.1, -0.05) is 11.3 Å². The number of nitrogens with zero attached hydrogens (tertiary/aromatic N) is 2. The molecule has 6 nitrogen and oxygen atoms in total. The van der Waals surface area contributed by atoms with Gasteiger partial charge in [-0.2, -0.15) is 0 Å². The molecule has 3 N–H and O–H groups in total. The number of hydrogen-bond donors (Lipinski definition) is 2. The maximum Gasteiger partial charge on any atom is 0.268 e. The number of thiazole rings is 1. The maximum atomic E-state index is 12.3. The zero-order chi connectivity index (χ0) is 12.4. The summed E-state index contributed by atoms with van der Waals surface area (Å²) >= 11 is 1.28. The summed E-state index contributed by atoms with van der Waals surface area (Å²) in [4.78, 5) is 18.7. The number of anilines is 2. The molecule has 17 heavy (non-hydrogen) atoms. The molecular weight excluding hydrogens is 240 g/mol. The fourth-order valence-corrected chi connectivity index (χ4v) is 2.55. The van der Waals surface area contributed by atoms with Gasteiger partial charge < -0.3 is 20.7 Å². The van der Waals surface area contributed by atoms with Gasteiger partial charge in [0.25, 0.3) is 5.91 Å². The fourth-order valence-electron chi connectivity index (χ4n) is 1.75. The number of nitrogens with one attached hydrogen (secondary N) is 1. The number of hydrogen-bond acceptors (Lipinski definition) is 6. The second-order valence-corrected chi connectivity index (χ2v) is 4.90. The van der Waals surface area contributed by atoms with E-state index in [2.05, 4.69) is 10.3 Å². The Morgan fingerprint density at radius 1 is 1.71 bits per heavy atom. The second kappa shape index (κ2) is 4.89. The maximum absolute atomic E-state index is 12.3. The molecule has 0 radical (unpaired) electrons. The third kappa shape index (κ3) is 2.34. The largest absolute Gasteiger partial charge is 0.382 e. The monoisotopic (exact) mass is 256 g/mol. The second-order valence-electron chi connectivity index (χ2n) is 3.91. The van der Waals surface area contributed by atoms with Crippen molar-refractivity contribution < 1.29 is 9.53 Å². The van der Waals surface area contributed by atoms with Gasteiger partial charge in [0.2, 0.25) is 0 Å². The number of nitrogen functional groups attached to an aromatic ring is 1. The molecule has 2 rings (SSSR count). The van der Waals surface area contributed by atoms with Crippen molar-refractivity contribution in [3.05, 3.63) is 4.88 Å². The molecule has 0 saturated carbocycles. The van der Waals surface area contributed by atoms with Crippen LogP contribution in [0.3, 0.4) is 0 Å². The molecule has 0 bridgehead atoms. The minimum absolute atomic E-state index is 0.0581. The molecule has 1 fully saturated rings. The fraction of sp³-hybridized carbons (Fsp3) is 0.600. The van der Waals surface area contributed by atoms with Gasteiger partial charge in [-0.3, -0.25) is 4.79 Å². The van der Waals surface area contributed by atoms with E-state index in [0.29, 0.717) is 35.6 Å². The van der Waals surface area contributed by atoms with E-state index in [0.717, 1.165) is 0 Å². The third-order valence-corrected chi connectivity index (χ3v) is 3.77. The highest BCUT2D eigenvalue weighted by Gasteiger charge is 2.28. The molecule has 0 aromatic carbocycles. The summed E-state index contributed by atoms with van der Waals surface area (Å²) in [7, 11) is 1.75. The first-order valence-corrected chi connectivity index (χ1v) is 6.28. The van der Waals surface area contributed by atoms with Gasteiger partial charge in [-0.25, -0.2) is 4.98 Å². The molecule has 1 aromatic heterocycles. The number of rotatable bonds is 2. The first-order chi connectivity index (χ1) is 8.13. The highest BCUT2D eigenvalue weighted by molar-refractivity contribution is 7.18. The van der Waals surface area contributed by atoms with Crippen LogP contribution in [0.15, 0.2) is 0 Å². The van der Waals surface area contributed by atoms with E-state index in [1.165, 1.54) is 11.3 Å². The van der Waals surface area contributed by atoms with Gasteiger partial charge in [-0.05, 0) is 6.92 Å². The molecule has 1 aliphatic heterocycles. The predicted octanol–water partition coefficient (Wildman–Crippen LogP) is 0.628. The lowest BCUT2D eigenvalue weighted by Crippen LogP contribution is -2.47. The minimum atomic E-state index is -0.0581. The quantitative estimate of drug-likeness (QED) is 0.811. The van der Waals surface area contributed by atoms with E-state index >= 15 is 0 Å². The van der Waals surface area contributed by atoms with Crippen molar-refractivity contribution in [2.45, 2.75) is 13.0 Å². The van der Waals surface area contributed by atoms with Gasteiger partial charge in [0.05, 0.1) is 19.3 Å². The zero-order valence-corrected chi connectivity index (χ0v) is 10.7. The molecule has 0 spiro atoms. The van der Waals surface area contributed by atoms with Gasteiger partial charge >= 0.3 is 0 Å². The summed E-state index contributed by atoms with van der Waals surface area (Å²) < 4.78 is 5.30. The molecule has 1 amide bonds. The summed E-state index contributed by atoms with van der Waals surface area (Å²) in [5, 5.41) is 3.55. The summed E-state index contributed by atoms with van der Waals surface area (Å²) in [5.41, 5.74) is 5.75. The van der Waals surface area contributed by atoms with Crippen LogP contribution in [0.5, 0.6) is 0 Å². The van der Waals surface area contributed by atoms with E-state index in [1.54, 1.807) is 11.9 Å². The molecule has 7 heteroatoms. The van der Waals surface area contributed by atoms with E-state index < -0.39 is 0 Å². The Kier molecular flexibility index (Phi) is 3.49. The van der Waals surface area contributed by atoms with Crippen LogP contribution in [0, 0.1) is 0 Å². The smallest absolute Gasteiger partial charge is 0.268 e. The minimum Gasteiger partial charge on any atom is -0.382 e. The van der Waals surface area contributed by atoms with Crippen LogP contribution in [0.1, 0.15) is 16.6 Å². The lowest BCUT2D eigenvalue weighted by atomic mass is 10.2. The van der Waals surface area contributed by atoms with Crippen molar-refractivity contribution in [2.75, 3.05) is 37.9 Å². The Bertz CT molecular complexity index is 420. The number of nitrogens with two attached hydrogens (primary N) is 1. The Morgan fingerprint density at radius 3 is 3.06 bits per heavy atom. The summed E-state index contributed by atoms with van der Waals surface area (Å²) in [6.45, 7) is 3.72. The third-order valence-electron chi connectivity index (χ3n) is 2.69. The average Bonchev–Trinajstić information content (AvgIpc) is 2.70. The first-order valence-electron chi connectivity index (χ1n) is 5.46. The van der Waals surface area contributed by atoms with Crippen molar-refractivity contribution in [1.29, 1.82) is 0 Å². The lowest BCUT2D eigenvalue weighted by molar-refractivity contribution is 0.00391. The van der Waals surface area contributed by atoms with Crippen LogP contribution in [-0.2, 0) is 4.74 Å². The SMILES string of the molecule is CNc1nc(N)c(C(=O)N2CCOCC2C)s1. The van der Waals surface area contributed by atoms with Crippen molar-refractivity contribution in [3.8, 4) is 0 Å².